The molecule has 0 saturated heterocycles. The molecule has 0 aliphatic rings. The lowest BCUT2D eigenvalue weighted by Crippen LogP contribution is -2.23. The van der Waals surface area contributed by atoms with Crippen LogP contribution in [0.2, 0.25) is 0 Å². The number of carbonyl (C=O) groups excluding carboxylic acids is 1. The molecule has 0 radical (unpaired) electrons. The second kappa shape index (κ2) is 7.23. The maximum atomic E-state index is 12.6. The van der Waals surface area contributed by atoms with Gasteiger partial charge in [0.1, 0.15) is 0 Å². The van der Waals surface area contributed by atoms with Gasteiger partial charge in [0.2, 0.25) is 0 Å². The van der Waals surface area contributed by atoms with Gasteiger partial charge in [0.25, 0.3) is 0 Å². The largest absolute Gasteiger partial charge is 0.318 e. The lowest BCUT2D eigenvalue weighted by atomic mass is 10.1. The summed E-state index contributed by atoms with van der Waals surface area (Å²) in [5, 5.41) is 3.17. The molecule has 0 spiro atoms. The van der Waals surface area contributed by atoms with E-state index in [0.717, 1.165) is 28.3 Å². The minimum Gasteiger partial charge on any atom is -0.318 e. The molecule has 0 amide bonds. The summed E-state index contributed by atoms with van der Waals surface area (Å²) in [5.74, 6) is 0.0983. The lowest BCUT2D eigenvalue weighted by Gasteiger charge is -2.09. The lowest BCUT2D eigenvalue weighted by molar-refractivity contribution is 0.0990. The maximum absolute atomic E-state index is 12.6. The molecule has 1 N–H and O–H groups in total. The van der Waals surface area contributed by atoms with Crippen molar-refractivity contribution >= 4 is 5.78 Å². The summed E-state index contributed by atoms with van der Waals surface area (Å²) >= 11 is 0. The number of carbonyl (C=O) groups is 1. The SMILES string of the molecule is Cc1cc(C(=O)CNCc2ccccn2)c(C)n1-c1ccccc1. The average molecular weight is 319 g/mol. The van der Waals surface area contributed by atoms with Crippen molar-refractivity contribution in [3.63, 3.8) is 0 Å². The van der Waals surface area contributed by atoms with Crippen LogP contribution in [-0.2, 0) is 6.54 Å². The van der Waals surface area contributed by atoms with Crippen molar-refractivity contribution < 1.29 is 4.79 Å². The number of hydrogen-bond acceptors (Lipinski definition) is 3. The molecule has 0 fully saturated rings. The van der Waals surface area contributed by atoms with E-state index in [4.69, 9.17) is 0 Å². The molecule has 2 aromatic heterocycles. The Morgan fingerprint density at radius 1 is 1.08 bits per heavy atom. The third-order valence-corrected chi connectivity index (χ3v) is 4.06. The Morgan fingerprint density at radius 3 is 2.54 bits per heavy atom. The molecule has 122 valence electrons. The van der Waals surface area contributed by atoms with Gasteiger partial charge in [0.05, 0.1) is 12.2 Å². The topological polar surface area (TPSA) is 46.9 Å². The number of aromatic nitrogens is 2. The molecule has 0 aliphatic carbocycles. The first-order valence-corrected chi connectivity index (χ1v) is 8.05. The quantitative estimate of drug-likeness (QED) is 0.708. The highest BCUT2D eigenvalue weighted by Gasteiger charge is 2.16. The van der Waals surface area contributed by atoms with Crippen LogP contribution in [0.25, 0.3) is 5.69 Å². The van der Waals surface area contributed by atoms with Crippen LogP contribution >= 0.6 is 0 Å². The van der Waals surface area contributed by atoms with Gasteiger partial charge in [-0.15, -0.1) is 0 Å². The van der Waals surface area contributed by atoms with Crippen LogP contribution in [0.4, 0.5) is 0 Å². The summed E-state index contributed by atoms with van der Waals surface area (Å²) in [5.41, 5.74) is 4.81. The fraction of sp³-hybridized carbons (Fsp3) is 0.200. The zero-order valence-corrected chi connectivity index (χ0v) is 14.0. The molecule has 0 saturated carbocycles. The van der Waals surface area contributed by atoms with Crippen LogP contribution in [0.1, 0.15) is 27.4 Å². The minimum atomic E-state index is 0.0983. The van der Waals surface area contributed by atoms with Gasteiger partial charge in [-0.05, 0) is 44.2 Å². The van der Waals surface area contributed by atoms with Crippen molar-refractivity contribution in [1.82, 2.24) is 14.9 Å². The monoisotopic (exact) mass is 319 g/mol. The number of rotatable bonds is 6. The van der Waals surface area contributed by atoms with Crippen molar-refractivity contribution in [3.8, 4) is 5.69 Å². The summed E-state index contributed by atoms with van der Waals surface area (Å²) in [7, 11) is 0. The molecule has 0 unspecified atom stereocenters. The zero-order valence-electron chi connectivity index (χ0n) is 14.0. The van der Waals surface area contributed by atoms with Crippen LogP contribution in [0, 0.1) is 13.8 Å². The van der Waals surface area contributed by atoms with E-state index >= 15 is 0 Å². The van der Waals surface area contributed by atoms with E-state index in [1.165, 1.54) is 0 Å². The summed E-state index contributed by atoms with van der Waals surface area (Å²) in [6, 6.07) is 17.8. The fourth-order valence-corrected chi connectivity index (χ4v) is 2.92. The first-order valence-electron chi connectivity index (χ1n) is 8.05. The Labute approximate surface area is 142 Å². The maximum Gasteiger partial charge on any atom is 0.178 e. The Hall–Kier alpha value is -2.72. The number of hydrogen-bond donors (Lipinski definition) is 1. The molecular formula is C20H21N3O. The summed E-state index contributed by atoms with van der Waals surface area (Å²) < 4.78 is 2.12. The second-order valence-corrected chi connectivity index (χ2v) is 5.80. The molecule has 24 heavy (non-hydrogen) atoms. The zero-order chi connectivity index (χ0) is 16.9. The highest BCUT2D eigenvalue weighted by atomic mass is 16.1. The highest BCUT2D eigenvalue weighted by molar-refractivity contribution is 5.99. The van der Waals surface area contributed by atoms with Crippen LogP contribution in [-0.4, -0.2) is 21.9 Å². The molecule has 1 aromatic carbocycles. The third kappa shape index (κ3) is 3.44. The van der Waals surface area contributed by atoms with E-state index in [1.54, 1.807) is 6.20 Å². The number of para-hydroxylation sites is 1. The van der Waals surface area contributed by atoms with Gasteiger partial charge in [-0.2, -0.15) is 0 Å². The van der Waals surface area contributed by atoms with Gasteiger partial charge in [-0.25, -0.2) is 0 Å². The van der Waals surface area contributed by atoms with Crippen LogP contribution in [0.15, 0.2) is 60.8 Å². The smallest absolute Gasteiger partial charge is 0.178 e. The van der Waals surface area contributed by atoms with Crippen molar-refractivity contribution in [1.29, 1.82) is 0 Å². The van der Waals surface area contributed by atoms with Crippen molar-refractivity contribution in [2.24, 2.45) is 0 Å². The van der Waals surface area contributed by atoms with E-state index in [1.807, 2.05) is 68.4 Å². The van der Waals surface area contributed by atoms with Gasteiger partial charge in [0.15, 0.2) is 5.78 Å². The predicted octanol–water partition coefficient (Wildman–Crippen LogP) is 3.46. The molecule has 3 rings (SSSR count). The standard InChI is InChI=1S/C20H21N3O/c1-15-12-19(16(2)23(15)18-9-4-3-5-10-18)20(24)14-21-13-17-8-6-7-11-22-17/h3-12,21H,13-14H2,1-2H3. The molecular weight excluding hydrogens is 298 g/mol. The number of nitrogens with zero attached hydrogens (tertiary/aromatic N) is 2. The van der Waals surface area contributed by atoms with Gasteiger partial charge < -0.3 is 9.88 Å². The molecule has 4 heteroatoms. The number of ketones is 1. The van der Waals surface area contributed by atoms with E-state index < -0.39 is 0 Å². The van der Waals surface area contributed by atoms with Gasteiger partial charge >= 0.3 is 0 Å². The number of aryl methyl sites for hydroxylation is 1. The van der Waals surface area contributed by atoms with Crippen molar-refractivity contribution in [2.75, 3.05) is 6.54 Å². The molecule has 0 atom stereocenters. The van der Waals surface area contributed by atoms with Crippen molar-refractivity contribution in [3.05, 3.63) is 83.4 Å². The molecule has 0 aliphatic heterocycles. The normalized spacial score (nSPS) is 10.8. The van der Waals surface area contributed by atoms with E-state index in [2.05, 4.69) is 14.9 Å². The van der Waals surface area contributed by atoms with Crippen LogP contribution in [0.3, 0.4) is 0 Å². The third-order valence-electron chi connectivity index (χ3n) is 4.06. The predicted molar refractivity (Wildman–Crippen MR) is 95.5 cm³/mol. The van der Waals surface area contributed by atoms with Crippen LogP contribution < -0.4 is 5.32 Å². The Bertz CT molecular complexity index is 823. The minimum absolute atomic E-state index is 0.0983. The number of Topliss-reactive ketones (excluding diaryl/α,β-unsaturated/α-hetero) is 1. The molecule has 0 bridgehead atoms. The van der Waals surface area contributed by atoms with Gasteiger partial charge in [0, 0.05) is 35.4 Å². The van der Waals surface area contributed by atoms with E-state index in [9.17, 15) is 4.79 Å². The van der Waals surface area contributed by atoms with Crippen molar-refractivity contribution in [2.45, 2.75) is 20.4 Å². The Balaban J connectivity index is 1.72. The number of nitrogens with one attached hydrogen (secondary N) is 1. The summed E-state index contributed by atoms with van der Waals surface area (Å²) in [6.45, 7) is 4.91. The number of pyridine rings is 1. The van der Waals surface area contributed by atoms with E-state index in [0.29, 0.717) is 13.1 Å². The first kappa shape index (κ1) is 16.1. The molecule has 3 aromatic rings. The molecule has 4 nitrogen and oxygen atoms in total. The second-order valence-electron chi connectivity index (χ2n) is 5.80. The summed E-state index contributed by atoms with van der Waals surface area (Å²) in [6.07, 6.45) is 1.76. The highest BCUT2D eigenvalue weighted by Crippen LogP contribution is 2.20. The number of benzene rings is 1. The fourth-order valence-electron chi connectivity index (χ4n) is 2.92. The Morgan fingerprint density at radius 2 is 1.83 bits per heavy atom. The van der Waals surface area contributed by atoms with Gasteiger partial charge in [-0.3, -0.25) is 9.78 Å². The molecule has 2 heterocycles. The van der Waals surface area contributed by atoms with Crippen LogP contribution in [0.5, 0.6) is 0 Å². The summed E-state index contributed by atoms with van der Waals surface area (Å²) in [4.78, 5) is 16.8. The van der Waals surface area contributed by atoms with E-state index in [-0.39, 0.29) is 5.78 Å². The Kier molecular flexibility index (Phi) is 4.87. The average Bonchev–Trinajstić information content (AvgIpc) is 2.91. The van der Waals surface area contributed by atoms with Gasteiger partial charge in [-0.1, -0.05) is 24.3 Å². The first-order chi connectivity index (χ1) is 11.7.